The van der Waals surface area contributed by atoms with E-state index in [4.69, 9.17) is 16.3 Å². The Labute approximate surface area is 99.7 Å². The number of hydrogen-bond donors (Lipinski definition) is 1. The summed E-state index contributed by atoms with van der Waals surface area (Å²) in [4.78, 5) is 0. The number of piperidine rings is 1. The van der Waals surface area contributed by atoms with E-state index in [-0.39, 0.29) is 5.02 Å². The lowest BCUT2D eigenvalue weighted by Gasteiger charge is -2.25. The van der Waals surface area contributed by atoms with Gasteiger partial charge >= 0.3 is 0 Å². The molecular formula is C12H15ClFNO. The van der Waals surface area contributed by atoms with Crippen LogP contribution in [-0.4, -0.2) is 20.2 Å². The molecule has 0 saturated carbocycles. The van der Waals surface area contributed by atoms with Crippen molar-refractivity contribution in [1.82, 2.24) is 5.32 Å². The molecule has 0 amide bonds. The molecule has 16 heavy (non-hydrogen) atoms. The standard InChI is InChI=1S/C12H15ClFNO/c1-16-12-9(2-3-10(14)11(12)13)8-4-6-15-7-5-8/h2-3,8,15H,4-7H2,1H3. The first-order valence-electron chi connectivity index (χ1n) is 5.46. The fourth-order valence-electron chi connectivity index (χ4n) is 2.21. The van der Waals surface area contributed by atoms with Crippen LogP contribution < -0.4 is 10.1 Å². The molecule has 4 heteroatoms. The van der Waals surface area contributed by atoms with Crippen molar-refractivity contribution in [2.45, 2.75) is 18.8 Å². The summed E-state index contributed by atoms with van der Waals surface area (Å²) in [5, 5.41) is 3.40. The Hall–Kier alpha value is -0.800. The quantitative estimate of drug-likeness (QED) is 0.862. The van der Waals surface area contributed by atoms with Crippen LogP contribution in [0.5, 0.6) is 5.75 Å². The summed E-state index contributed by atoms with van der Waals surface area (Å²) in [6, 6.07) is 3.21. The molecule has 1 saturated heterocycles. The van der Waals surface area contributed by atoms with Crippen molar-refractivity contribution in [1.29, 1.82) is 0 Å². The molecule has 1 aromatic carbocycles. The van der Waals surface area contributed by atoms with Crippen LogP contribution in [0.15, 0.2) is 12.1 Å². The van der Waals surface area contributed by atoms with Gasteiger partial charge in [0.2, 0.25) is 0 Å². The predicted octanol–water partition coefficient (Wildman–Crippen LogP) is 2.95. The largest absolute Gasteiger partial charge is 0.495 e. The van der Waals surface area contributed by atoms with Gasteiger partial charge in [-0.15, -0.1) is 0 Å². The number of hydrogen-bond acceptors (Lipinski definition) is 2. The second kappa shape index (κ2) is 5.02. The second-order valence-corrected chi connectivity index (χ2v) is 4.39. The van der Waals surface area contributed by atoms with Gasteiger partial charge < -0.3 is 10.1 Å². The molecule has 0 unspecified atom stereocenters. The van der Waals surface area contributed by atoms with E-state index in [9.17, 15) is 4.39 Å². The molecule has 2 nitrogen and oxygen atoms in total. The first kappa shape index (κ1) is 11.7. The van der Waals surface area contributed by atoms with E-state index >= 15 is 0 Å². The third kappa shape index (κ3) is 2.15. The van der Waals surface area contributed by atoms with Crippen LogP contribution in [-0.2, 0) is 0 Å². The summed E-state index contributed by atoms with van der Waals surface area (Å²) < 4.78 is 18.5. The molecule has 0 bridgehead atoms. The molecule has 88 valence electrons. The van der Waals surface area contributed by atoms with Crippen LogP contribution in [0, 0.1) is 5.82 Å². The van der Waals surface area contributed by atoms with Crippen molar-refractivity contribution < 1.29 is 9.13 Å². The molecule has 1 fully saturated rings. The van der Waals surface area contributed by atoms with E-state index in [0.717, 1.165) is 31.5 Å². The van der Waals surface area contributed by atoms with E-state index in [1.54, 1.807) is 6.07 Å². The van der Waals surface area contributed by atoms with E-state index in [1.807, 2.05) is 0 Å². The van der Waals surface area contributed by atoms with Crippen molar-refractivity contribution in [2.75, 3.05) is 20.2 Å². The zero-order valence-electron chi connectivity index (χ0n) is 9.22. The first-order valence-corrected chi connectivity index (χ1v) is 5.84. The van der Waals surface area contributed by atoms with Crippen molar-refractivity contribution in [3.8, 4) is 5.75 Å². The highest BCUT2D eigenvalue weighted by molar-refractivity contribution is 6.32. The number of benzene rings is 1. The van der Waals surface area contributed by atoms with Crippen molar-refractivity contribution >= 4 is 11.6 Å². The fraction of sp³-hybridized carbons (Fsp3) is 0.500. The van der Waals surface area contributed by atoms with Gasteiger partial charge in [0.05, 0.1) is 7.11 Å². The molecule has 0 radical (unpaired) electrons. The summed E-state index contributed by atoms with van der Waals surface area (Å²) >= 11 is 5.90. The van der Waals surface area contributed by atoms with Gasteiger partial charge in [0, 0.05) is 0 Å². The molecule has 1 aliphatic heterocycles. The average molecular weight is 244 g/mol. The van der Waals surface area contributed by atoms with Crippen LogP contribution >= 0.6 is 11.6 Å². The minimum absolute atomic E-state index is 0.0959. The summed E-state index contributed by atoms with van der Waals surface area (Å²) in [6.45, 7) is 1.98. The van der Waals surface area contributed by atoms with E-state index in [2.05, 4.69) is 5.32 Å². The maximum atomic E-state index is 13.3. The Balaban J connectivity index is 2.35. The maximum Gasteiger partial charge on any atom is 0.145 e. The Morgan fingerprint density at radius 3 is 2.69 bits per heavy atom. The van der Waals surface area contributed by atoms with E-state index in [1.165, 1.54) is 13.2 Å². The van der Waals surface area contributed by atoms with E-state index in [0.29, 0.717) is 11.7 Å². The van der Waals surface area contributed by atoms with Gasteiger partial charge in [0.25, 0.3) is 0 Å². The molecule has 1 aromatic rings. The highest BCUT2D eigenvalue weighted by Gasteiger charge is 2.21. The lowest BCUT2D eigenvalue weighted by Crippen LogP contribution is -2.26. The van der Waals surface area contributed by atoms with Gasteiger partial charge in [-0.2, -0.15) is 0 Å². The molecule has 0 atom stereocenters. The Bertz CT molecular complexity index is 378. The fourth-order valence-corrected chi connectivity index (χ4v) is 2.46. The van der Waals surface area contributed by atoms with Crippen molar-refractivity contribution in [2.24, 2.45) is 0 Å². The smallest absolute Gasteiger partial charge is 0.145 e. The van der Waals surface area contributed by atoms with Crippen LogP contribution in [0.3, 0.4) is 0 Å². The van der Waals surface area contributed by atoms with Crippen LogP contribution in [0.1, 0.15) is 24.3 Å². The first-order chi connectivity index (χ1) is 7.74. The SMILES string of the molecule is COc1c(C2CCNCC2)ccc(F)c1Cl. The van der Waals surface area contributed by atoms with Gasteiger partial charge in [-0.25, -0.2) is 4.39 Å². The average Bonchev–Trinajstić information content (AvgIpc) is 2.33. The summed E-state index contributed by atoms with van der Waals surface area (Å²) in [7, 11) is 1.53. The van der Waals surface area contributed by atoms with Gasteiger partial charge in [-0.1, -0.05) is 17.7 Å². The lowest BCUT2D eigenvalue weighted by atomic mass is 9.89. The van der Waals surface area contributed by atoms with Gasteiger partial charge in [0.15, 0.2) is 0 Å². The lowest BCUT2D eigenvalue weighted by molar-refractivity contribution is 0.389. The predicted molar refractivity (Wildman–Crippen MR) is 62.8 cm³/mol. The number of ether oxygens (including phenoxy) is 1. The van der Waals surface area contributed by atoms with Crippen molar-refractivity contribution in [3.05, 3.63) is 28.5 Å². The molecular weight excluding hydrogens is 229 g/mol. The summed E-state index contributed by atoms with van der Waals surface area (Å²) in [5.41, 5.74) is 1.02. The Morgan fingerprint density at radius 1 is 1.38 bits per heavy atom. The summed E-state index contributed by atoms with van der Waals surface area (Å²) in [5.74, 6) is 0.485. The number of rotatable bonds is 2. The summed E-state index contributed by atoms with van der Waals surface area (Å²) in [6.07, 6.45) is 2.08. The zero-order chi connectivity index (χ0) is 11.5. The third-order valence-corrected chi connectivity index (χ3v) is 3.42. The Morgan fingerprint density at radius 2 is 2.06 bits per heavy atom. The molecule has 1 N–H and O–H groups in total. The minimum Gasteiger partial charge on any atom is -0.495 e. The molecule has 1 aliphatic rings. The highest BCUT2D eigenvalue weighted by Crippen LogP contribution is 2.38. The van der Waals surface area contributed by atoms with Crippen molar-refractivity contribution in [3.63, 3.8) is 0 Å². The number of halogens is 2. The van der Waals surface area contributed by atoms with Gasteiger partial charge in [0.1, 0.15) is 16.6 Å². The van der Waals surface area contributed by atoms with Gasteiger partial charge in [-0.3, -0.25) is 0 Å². The minimum atomic E-state index is -0.420. The third-order valence-electron chi connectivity index (χ3n) is 3.06. The number of methoxy groups -OCH3 is 1. The maximum absolute atomic E-state index is 13.3. The molecule has 2 rings (SSSR count). The monoisotopic (exact) mass is 243 g/mol. The molecule has 0 aromatic heterocycles. The Kier molecular flexibility index (Phi) is 3.66. The van der Waals surface area contributed by atoms with Crippen LogP contribution in [0.2, 0.25) is 5.02 Å². The van der Waals surface area contributed by atoms with E-state index < -0.39 is 5.82 Å². The van der Waals surface area contributed by atoms with Crippen LogP contribution in [0.25, 0.3) is 0 Å². The molecule has 1 heterocycles. The second-order valence-electron chi connectivity index (χ2n) is 4.01. The number of nitrogens with one attached hydrogen (secondary N) is 1. The van der Waals surface area contributed by atoms with Crippen LogP contribution in [0.4, 0.5) is 4.39 Å². The normalized spacial score (nSPS) is 17.4. The highest BCUT2D eigenvalue weighted by atomic mass is 35.5. The molecule has 0 aliphatic carbocycles. The molecule has 0 spiro atoms. The topological polar surface area (TPSA) is 21.3 Å². The van der Waals surface area contributed by atoms with Gasteiger partial charge in [-0.05, 0) is 43.5 Å². The zero-order valence-corrected chi connectivity index (χ0v) is 9.98.